The summed E-state index contributed by atoms with van der Waals surface area (Å²) in [6.07, 6.45) is -0.945. The molecule has 0 spiro atoms. The van der Waals surface area contributed by atoms with Crippen molar-refractivity contribution in [1.82, 2.24) is 20.1 Å². The van der Waals surface area contributed by atoms with Crippen molar-refractivity contribution in [3.63, 3.8) is 0 Å². The minimum Gasteiger partial charge on any atom is -0.496 e. The van der Waals surface area contributed by atoms with Gasteiger partial charge in [-0.25, -0.2) is 14.1 Å². The number of methoxy groups -OCH3 is 1. The number of carbonyl (C=O) groups excluding carboxylic acids is 1. The van der Waals surface area contributed by atoms with Gasteiger partial charge in [0.2, 0.25) is 0 Å². The van der Waals surface area contributed by atoms with Crippen molar-refractivity contribution in [3.8, 4) is 28.0 Å². The maximum Gasteiger partial charge on any atom is 0.416 e. The lowest BCUT2D eigenvalue weighted by molar-refractivity contribution is -0.137. The minimum absolute atomic E-state index is 0.0411. The molecule has 1 aromatic heterocycles. The number of hydrogen-bond donors (Lipinski definition) is 1. The third kappa shape index (κ3) is 6.86. The number of amides is 1. The molecule has 0 saturated carbocycles. The average Bonchev–Trinajstić information content (AvgIpc) is 3.55. The highest BCUT2D eigenvalue weighted by molar-refractivity contribution is 6.31. The molecule has 1 unspecified atom stereocenters. The highest BCUT2D eigenvalue weighted by Crippen LogP contribution is 2.33. The molecule has 4 aromatic carbocycles. The lowest BCUT2D eigenvalue weighted by Gasteiger charge is -2.19. The van der Waals surface area contributed by atoms with Gasteiger partial charge in [-0.3, -0.25) is 4.79 Å². The molecular weight excluding hydrogens is 584 g/mol. The predicted molar refractivity (Wildman–Crippen MR) is 155 cm³/mol. The first-order valence-corrected chi connectivity index (χ1v) is 13.5. The first-order chi connectivity index (χ1) is 20.6. The van der Waals surface area contributed by atoms with E-state index >= 15 is 0 Å². The third-order valence-electron chi connectivity index (χ3n) is 7.00. The summed E-state index contributed by atoms with van der Waals surface area (Å²) in [5.41, 5.74) is 3.15. The largest absolute Gasteiger partial charge is 0.496 e. The van der Waals surface area contributed by atoms with Gasteiger partial charge in [-0.15, -0.1) is 0 Å². The summed E-state index contributed by atoms with van der Waals surface area (Å²) in [6.45, 7) is 0.270. The second-order valence-electron chi connectivity index (χ2n) is 9.68. The van der Waals surface area contributed by atoms with Crippen LogP contribution in [-0.4, -0.2) is 34.3 Å². The van der Waals surface area contributed by atoms with E-state index in [4.69, 9.17) is 16.3 Å². The Bertz CT molecular complexity index is 1710. The average molecular weight is 609 g/mol. The van der Waals surface area contributed by atoms with Gasteiger partial charge >= 0.3 is 6.18 Å². The van der Waals surface area contributed by atoms with Crippen molar-refractivity contribution in [3.05, 3.63) is 125 Å². The van der Waals surface area contributed by atoms with Crippen LogP contribution in [0.4, 0.5) is 17.6 Å². The van der Waals surface area contributed by atoms with Gasteiger partial charge in [0.15, 0.2) is 0 Å². The van der Waals surface area contributed by atoms with Crippen LogP contribution >= 0.6 is 11.6 Å². The van der Waals surface area contributed by atoms with E-state index in [-0.39, 0.29) is 23.2 Å². The highest BCUT2D eigenvalue weighted by atomic mass is 35.5. The van der Waals surface area contributed by atoms with Crippen LogP contribution in [0.5, 0.6) is 5.75 Å². The van der Waals surface area contributed by atoms with Crippen LogP contribution in [-0.2, 0) is 6.18 Å². The molecule has 6 nitrogen and oxygen atoms in total. The molecular formula is C32H25ClF4N4O2. The van der Waals surface area contributed by atoms with Crippen molar-refractivity contribution in [2.45, 2.75) is 18.6 Å². The van der Waals surface area contributed by atoms with Gasteiger partial charge < -0.3 is 10.1 Å². The molecule has 1 atom stereocenters. The zero-order chi connectivity index (χ0) is 30.6. The summed E-state index contributed by atoms with van der Waals surface area (Å²) in [5, 5.41) is 7.24. The standard InChI is InChI=1S/C32H25ClF4N4O2/c1-43-30-13-9-23(21-6-10-25(11-7-21)32(35,36)37)16-26(30)31(42)39-15-14-29(41-19-38-18-40-41)22-4-2-20(3-5-22)24-8-12-28(34)27(33)17-24/h2-13,16-19,29H,14-15H2,1H3,(H,39,42). The zero-order valence-electron chi connectivity index (χ0n) is 22.8. The van der Waals surface area contributed by atoms with E-state index in [0.29, 0.717) is 23.3 Å². The van der Waals surface area contributed by atoms with Crippen LogP contribution in [0.1, 0.15) is 33.9 Å². The van der Waals surface area contributed by atoms with Gasteiger partial charge in [0.05, 0.1) is 29.3 Å². The number of nitrogens with zero attached hydrogens (tertiary/aromatic N) is 3. The molecule has 1 heterocycles. The normalized spacial score (nSPS) is 12.1. The van der Waals surface area contributed by atoms with Gasteiger partial charge in [0.25, 0.3) is 5.91 Å². The predicted octanol–water partition coefficient (Wildman–Crippen LogP) is 7.84. The molecule has 43 heavy (non-hydrogen) atoms. The summed E-state index contributed by atoms with van der Waals surface area (Å²) < 4.78 is 59.6. The van der Waals surface area contributed by atoms with Crippen LogP contribution in [0.25, 0.3) is 22.3 Å². The molecule has 11 heteroatoms. The van der Waals surface area contributed by atoms with Crippen molar-refractivity contribution in [2.24, 2.45) is 0 Å². The van der Waals surface area contributed by atoms with Crippen LogP contribution in [0.3, 0.4) is 0 Å². The first kappa shape index (κ1) is 29.8. The third-order valence-corrected chi connectivity index (χ3v) is 7.29. The molecule has 1 N–H and O–H groups in total. The molecule has 1 amide bonds. The number of alkyl halides is 3. The van der Waals surface area contributed by atoms with Crippen LogP contribution < -0.4 is 10.1 Å². The first-order valence-electron chi connectivity index (χ1n) is 13.2. The van der Waals surface area contributed by atoms with E-state index in [2.05, 4.69) is 15.4 Å². The Balaban J connectivity index is 1.31. The molecule has 0 radical (unpaired) electrons. The number of hydrogen-bond acceptors (Lipinski definition) is 4. The molecule has 5 aromatic rings. The highest BCUT2D eigenvalue weighted by Gasteiger charge is 2.30. The number of rotatable bonds is 9. The summed E-state index contributed by atoms with van der Waals surface area (Å²) in [6, 6.07) is 21.6. The molecule has 0 aliphatic rings. The second-order valence-corrected chi connectivity index (χ2v) is 10.1. The molecule has 0 aliphatic heterocycles. The molecule has 5 rings (SSSR count). The van der Waals surface area contributed by atoms with Gasteiger partial charge in [0.1, 0.15) is 24.2 Å². The van der Waals surface area contributed by atoms with Crippen molar-refractivity contribution >= 4 is 17.5 Å². The molecule has 0 aliphatic carbocycles. The second kappa shape index (κ2) is 12.7. The van der Waals surface area contributed by atoms with Gasteiger partial charge in [-0.2, -0.15) is 18.3 Å². The number of aromatic nitrogens is 3. The van der Waals surface area contributed by atoms with E-state index < -0.39 is 23.5 Å². The smallest absolute Gasteiger partial charge is 0.416 e. The van der Waals surface area contributed by atoms with E-state index in [9.17, 15) is 22.4 Å². The molecule has 0 bridgehead atoms. The Kier molecular flexibility index (Phi) is 8.77. The lowest BCUT2D eigenvalue weighted by Crippen LogP contribution is -2.27. The number of benzene rings is 4. The summed E-state index contributed by atoms with van der Waals surface area (Å²) in [7, 11) is 1.44. The van der Waals surface area contributed by atoms with Gasteiger partial charge in [-0.1, -0.05) is 60.1 Å². The Morgan fingerprint density at radius 3 is 2.16 bits per heavy atom. The topological polar surface area (TPSA) is 69.0 Å². The van der Waals surface area contributed by atoms with Crippen LogP contribution in [0.15, 0.2) is 97.6 Å². The fraction of sp³-hybridized carbons (Fsp3) is 0.156. The van der Waals surface area contributed by atoms with E-state index in [0.717, 1.165) is 28.8 Å². The maximum atomic E-state index is 13.6. The zero-order valence-corrected chi connectivity index (χ0v) is 23.5. The number of ether oxygens (including phenoxy) is 1. The number of carbonyl (C=O) groups is 1. The lowest BCUT2D eigenvalue weighted by atomic mass is 9.99. The van der Waals surface area contributed by atoms with Crippen LogP contribution in [0.2, 0.25) is 5.02 Å². The summed E-state index contributed by atoms with van der Waals surface area (Å²) in [4.78, 5) is 17.3. The van der Waals surface area contributed by atoms with Crippen LogP contribution in [0, 0.1) is 5.82 Å². The monoisotopic (exact) mass is 608 g/mol. The summed E-state index contributed by atoms with van der Waals surface area (Å²) >= 11 is 5.95. The number of nitrogens with one attached hydrogen (secondary N) is 1. The van der Waals surface area contributed by atoms with Crippen molar-refractivity contribution < 1.29 is 27.1 Å². The van der Waals surface area contributed by atoms with Crippen molar-refractivity contribution in [1.29, 1.82) is 0 Å². The minimum atomic E-state index is -4.44. The van der Waals surface area contributed by atoms with E-state index in [1.807, 2.05) is 24.3 Å². The Morgan fingerprint density at radius 2 is 1.56 bits per heavy atom. The molecule has 0 fully saturated rings. The fourth-order valence-corrected chi connectivity index (χ4v) is 4.92. The fourth-order valence-electron chi connectivity index (χ4n) is 4.74. The van der Waals surface area contributed by atoms with Gasteiger partial charge in [-0.05, 0) is 70.6 Å². The van der Waals surface area contributed by atoms with E-state index in [1.54, 1.807) is 41.3 Å². The Morgan fingerprint density at radius 1 is 0.930 bits per heavy atom. The molecule has 0 saturated heterocycles. The van der Waals surface area contributed by atoms with Crippen molar-refractivity contribution in [2.75, 3.05) is 13.7 Å². The Labute approximate surface area is 249 Å². The SMILES string of the molecule is COc1ccc(-c2ccc(C(F)(F)F)cc2)cc1C(=O)NCCC(c1ccc(-c2ccc(F)c(Cl)c2)cc1)n1cncn1. The quantitative estimate of drug-likeness (QED) is 0.173. The van der Waals surface area contributed by atoms with Gasteiger partial charge in [0, 0.05) is 6.54 Å². The molecule has 220 valence electrons. The number of halogens is 5. The maximum absolute atomic E-state index is 13.6. The summed E-state index contributed by atoms with van der Waals surface area (Å²) in [5.74, 6) is -0.553. The van der Waals surface area contributed by atoms with E-state index in [1.165, 1.54) is 31.6 Å². The Hall–Kier alpha value is -4.70.